The summed E-state index contributed by atoms with van der Waals surface area (Å²) >= 11 is 0. The molecule has 0 amide bonds. The first kappa shape index (κ1) is 8.69. The Balaban J connectivity index is 3.37. The standard InChI is InChI=1S/C7H9O2PS/c1-11(8,9)7-5-3-2-4-6(7)10/h2-5H,10H2,1H3. The van der Waals surface area contributed by atoms with Gasteiger partial charge in [-0.1, -0.05) is 18.2 Å². The van der Waals surface area contributed by atoms with Crippen molar-refractivity contribution in [2.24, 2.45) is 0 Å². The number of hydrogen-bond donors (Lipinski definition) is 0. The number of sulfone groups is 1. The van der Waals surface area contributed by atoms with Crippen molar-refractivity contribution in [2.45, 2.75) is 4.90 Å². The highest BCUT2D eigenvalue weighted by atomic mass is 32.2. The van der Waals surface area contributed by atoms with Gasteiger partial charge in [0, 0.05) is 6.26 Å². The maximum Gasteiger partial charge on any atom is 0.176 e. The predicted octanol–water partition coefficient (Wildman–Crippen LogP) is 0.591. The van der Waals surface area contributed by atoms with Crippen molar-refractivity contribution in [1.29, 1.82) is 0 Å². The minimum Gasteiger partial charge on any atom is -0.224 e. The minimum atomic E-state index is -3.05. The van der Waals surface area contributed by atoms with E-state index in [0.29, 0.717) is 4.90 Å². The number of benzene rings is 1. The predicted molar refractivity (Wildman–Crippen MR) is 48.9 cm³/mol. The molecule has 0 saturated carbocycles. The first-order chi connectivity index (χ1) is 5.02. The van der Waals surface area contributed by atoms with Crippen molar-refractivity contribution in [2.75, 3.05) is 6.26 Å². The van der Waals surface area contributed by atoms with Gasteiger partial charge in [-0.15, -0.1) is 9.24 Å². The first-order valence-electron chi connectivity index (χ1n) is 3.06. The van der Waals surface area contributed by atoms with E-state index in [1.165, 1.54) is 6.26 Å². The van der Waals surface area contributed by atoms with Crippen LogP contribution in [0.15, 0.2) is 29.2 Å². The molecule has 0 radical (unpaired) electrons. The Hall–Kier alpha value is -0.400. The fourth-order valence-corrected chi connectivity index (χ4v) is 2.49. The molecule has 0 bridgehead atoms. The van der Waals surface area contributed by atoms with E-state index in [0.717, 1.165) is 5.30 Å². The second kappa shape index (κ2) is 2.92. The molecule has 60 valence electrons. The summed E-state index contributed by atoms with van der Waals surface area (Å²) in [5, 5.41) is 0.718. The Morgan fingerprint density at radius 2 is 1.82 bits per heavy atom. The average molecular weight is 188 g/mol. The highest BCUT2D eigenvalue weighted by Crippen LogP contribution is 2.07. The van der Waals surface area contributed by atoms with E-state index in [-0.39, 0.29) is 0 Å². The Morgan fingerprint density at radius 3 is 2.18 bits per heavy atom. The molecule has 0 aliphatic rings. The molecule has 0 N–H and O–H groups in total. The van der Waals surface area contributed by atoms with Crippen molar-refractivity contribution < 1.29 is 8.42 Å². The summed E-state index contributed by atoms with van der Waals surface area (Å²) in [6.45, 7) is 0. The summed E-state index contributed by atoms with van der Waals surface area (Å²) in [6, 6.07) is 6.86. The van der Waals surface area contributed by atoms with Crippen LogP contribution in [0.5, 0.6) is 0 Å². The monoisotopic (exact) mass is 188 g/mol. The van der Waals surface area contributed by atoms with Gasteiger partial charge in [-0.3, -0.25) is 0 Å². The lowest BCUT2D eigenvalue weighted by molar-refractivity contribution is 0.602. The molecule has 1 unspecified atom stereocenters. The van der Waals surface area contributed by atoms with Gasteiger partial charge < -0.3 is 0 Å². The highest BCUT2D eigenvalue weighted by Gasteiger charge is 2.08. The van der Waals surface area contributed by atoms with E-state index in [9.17, 15) is 8.42 Å². The molecule has 1 atom stereocenters. The summed E-state index contributed by atoms with van der Waals surface area (Å²) in [7, 11) is -0.660. The Labute approximate surface area is 68.8 Å². The zero-order valence-electron chi connectivity index (χ0n) is 6.11. The van der Waals surface area contributed by atoms with Crippen molar-refractivity contribution >= 4 is 24.4 Å². The van der Waals surface area contributed by atoms with Crippen LogP contribution in [0.3, 0.4) is 0 Å². The molecule has 0 saturated heterocycles. The molecule has 4 heteroatoms. The largest absolute Gasteiger partial charge is 0.224 e. The van der Waals surface area contributed by atoms with E-state index in [4.69, 9.17) is 0 Å². The van der Waals surface area contributed by atoms with Crippen molar-refractivity contribution in [3.05, 3.63) is 24.3 Å². The topological polar surface area (TPSA) is 34.1 Å². The van der Waals surface area contributed by atoms with Gasteiger partial charge in [0.15, 0.2) is 9.84 Å². The summed E-state index contributed by atoms with van der Waals surface area (Å²) in [6.07, 6.45) is 1.20. The Kier molecular flexibility index (Phi) is 2.31. The Morgan fingerprint density at radius 1 is 1.27 bits per heavy atom. The minimum absolute atomic E-state index is 0.380. The molecule has 0 heterocycles. The van der Waals surface area contributed by atoms with Crippen LogP contribution in [0.4, 0.5) is 0 Å². The number of rotatable bonds is 1. The molecular formula is C7H9O2PS. The first-order valence-corrected chi connectivity index (χ1v) is 5.53. The lowest BCUT2D eigenvalue weighted by Crippen LogP contribution is -2.07. The Bertz CT molecular complexity index is 356. The van der Waals surface area contributed by atoms with Crippen LogP contribution >= 0.6 is 9.24 Å². The zero-order chi connectivity index (χ0) is 8.48. The summed E-state index contributed by atoms with van der Waals surface area (Å²) < 4.78 is 22.1. The number of hydrogen-bond acceptors (Lipinski definition) is 2. The lowest BCUT2D eigenvalue weighted by Gasteiger charge is -2.00. The molecule has 0 aliphatic heterocycles. The molecule has 1 rings (SSSR count). The van der Waals surface area contributed by atoms with Crippen LogP contribution in [-0.4, -0.2) is 14.7 Å². The molecule has 0 aliphatic carbocycles. The highest BCUT2D eigenvalue weighted by molar-refractivity contribution is 7.91. The van der Waals surface area contributed by atoms with E-state index >= 15 is 0 Å². The molecular weight excluding hydrogens is 179 g/mol. The van der Waals surface area contributed by atoms with Gasteiger partial charge in [0.2, 0.25) is 0 Å². The fraction of sp³-hybridized carbons (Fsp3) is 0.143. The molecule has 1 aromatic carbocycles. The van der Waals surface area contributed by atoms with Crippen molar-refractivity contribution in [3.8, 4) is 0 Å². The molecule has 0 aromatic heterocycles. The smallest absolute Gasteiger partial charge is 0.176 e. The molecule has 2 nitrogen and oxygen atoms in total. The van der Waals surface area contributed by atoms with E-state index in [1.54, 1.807) is 24.3 Å². The van der Waals surface area contributed by atoms with Gasteiger partial charge in [-0.2, -0.15) is 0 Å². The van der Waals surface area contributed by atoms with E-state index in [2.05, 4.69) is 9.24 Å². The maximum absolute atomic E-state index is 11.0. The summed E-state index contributed by atoms with van der Waals surface area (Å²) in [4.78, 5) is 0.380. The molecule has 11 heavy (non-hydrogen) atoms. The molecule has 0 fully saturated rings. The zero-order valence-corrected chi connectivity index (χ0v) is 8.08. The van der Waals surface area contributed by atoms with Gasteiger partial charge in [0.1, 0.15) is 0 Å². The van der Waals surface area contributed by atoms with Crippen LogP contribution in [0, 0.1) is 0 Å². The lowest BCUT2D eigenvalue weighted by atomic mass is 10.4. The van der Waals surface area contributed by atoms with Crippen molar-refractivity contribution in [1.82, 2.24) is 0 Å². The second-order valence-corrected chi connectivity index (χ2v) is 4.92. The second-order valence-electron chi connectivity index (χ2n) is 2.31. The van der Waals surface area contributed by atoms with Gasteiger partial charge >= 0.3 is 0 Å². The van der Waals surface area contributed by atoms with Crippen LogP contribution in [-0.2, 0) is 9.84 Å². The van der Waals surface area contributed by atoms with E-state index < -0.39 is 9.84 Å². The molecule has 0 spiro atoms. The normalized spacial score (nSPS) is 11.5. The fourth-order valence-electron chi connectivity index (χ4n) is 0.818. The van der Waals surface area contributed by atoms with Gasteiger partial charge in [-0.25, -0.2) is 8.42 Å². The third-order valence-corrected chi connectivity index (χ3v) is 3.20. The average Bonchev–Trinajstić information content (AvgIpc) is 1.86. The third-order valence-electron chi connectivity index (χ3n) is 1.32. The summed E-state index contributed by atoms with van der Waals surface area (Å²) in [5.41, 5.74) is 0. The van der Waals surface area contributed by atoms with Crippen LogP contribution < -0.4 is 5.30 Å². The maximum atomic E-state index is 11.0. The quantitative estimate of drug-likeness (QED) is 0.604. The van der Waals surface area contributed by atoms with Gasteiger partial charge in [-0.05, 0) is 11.4 Å². The van der Waals surface area contributed by atoms with Gasteiger partial charge in [0.25, 0.3) is 0 Å². The summed E-state index contributed by atoms with van der Waals surface area (Å²) in [5.74, 6) is 0. The van der Waals surface area contributed by atoms with Crippen LogP contribution in [0.25, 0.3) is 0 Å². The van der Waals surface area contributed by atoms with Crippen LogP contribution in [0.2, 0.25) is 0 Å². The molecule has 1 aromatic rings. The SMILES string of the molecule is CS(=O)(=O)c1ccccc1P. The van der Waals surface area contributed by atoms with E-state index in [1.807, 2.05) is 0 Å². The van der Waals surface area contributed by atoms with Crippen LogP contribution in [0.1, 0.15) is 0 Å². The van der Waals surface area contributed by atoms with Gasteiger partial charge in [0.05, 0.1) is 4.90 Å². The third kappa shape index (κ3) is 2.01. The van der Waals surface area contributed by atoms with Crippen molar-refractivity contribution in [3.63, 3.8) is 0 Å².